The zero-order valence-electron chi connectivity index (χ0n) is 12.3. The molecule has 1 fully saturated rings. The Morgan fingerprint density at radius 3 is 2.77 bits per heavy atom. The van der Waals surface area contributed by atoms with E-state index in [-0.39, 0.29) is 17.4 Å². The molecule has 2 N–H and O–H groups in total. The molecule has 0 aliphatic carbocycles. The summed E-state index contributed by atoms with van der Waals surface area (Å²) in [4.78, 5) is 24.6. The molecule has 0 spiro atoms. The molecule has 1 amide bonds. The molecule has 3 rings (SSSR count). The highest BCUT2D eigenvalue weighted by Gasteiger charge is 2.23. The van der Waals surface area contributed by atoms with E-state index in [1.54, 1.807) is 22.9 Å². The number of pyridine rings is 1. The Morgan fingerprint density at radius 2 is 2.05 bits per heavy atom. The molecule has 1 unspecified atom stereocenters. The minimum absolute atomic E-state index is 0.0535. The lowest BCUT2D eigenvalue weighted by Gasteiger charge is -2.11. The summed E-state index contributed by atoms with van der Waals surface area (Å²) in [5, 5.41) is 5.92. The number of anilines is 1. The lowest BCUT2D eigenvalue weighted by molar-refractivity contribution is -0.119. The first-order chi connectivity index (χ1) is 10.7. The summed E-state index contributed by atoms with van der Waals surface area (Å²) < 4.78 is 1.61. The maximum absolute atomic E-state index is 12.5. The van der Waals surface area contributed by atoms with Gasteiger partial charge in [0.25, 0.3) is 5.56 Å². The molecule has 22 heavy (non-hydrogen) atoms. The highest BCUT2D eigenvalue weighted by molar-refractivity contribution is 5.92. The van der Waals surface area contributed by atoms with Crippen LogP contribution in [0.25, 0.3) is 0 Å². The van der Waals surface area contributed by atoms with Crippen LogP contribution in [0.5, 0.6) is 0 Å². The number of hydrogen-bond acceptors (Lipinski definition) is 3. The summed E-state index contributed by atoms with van der Waals surface area (Å²) in [5.41, 5.74) is 1.22. The molecule has 1 aromatic carbocycles. The smallest absolute Gasteiger partial charge is 0.274 e. The Balaban J connectivity index is 1.77. The van der Waals surface area contributed by atoms with E-state index in [9.17, 15) is 9.59 Å². The third kappa shape index (κ3) is 3.26. The summed E-state index contributed by atoms with van der Waals surface area (Å²) in [6.07, 6.45) is 2.55. The van der Waals surface area contributed by atoms with Gasteiger partial charge in [0.05, 0.1) is 12.5 Å². The molecule has 114 valence electrons. The first kappa shape index (κ1) is 14.5. The van der Waals surface area contributed by atoms with Gasteiger partial charge in [-0.1, -0.05) is 30.3 Å². The fraction of sp³-hybridized carbons (Fsp3) is 0.294. The van der Waals surface area contributed by atoms with Crippen molar-refractivity contribution in [1.29, 1.82) is 0 Å². The van der Waals surface area contributed by atoms with E-state index in [0.717, 1.165) is 18.5 Å². The summed E-state index contributed by atoms with van der Waals surface area (Å²) in [6, 6.07) is 13.2. The van der Waals surface area contributed by atoms with Gasteiger partial charge in [0.1, 0.15) is 5.69 Å². The second-order valence-electron chi connectivity index (χ2n) is 5.52. The maximum Gasteiger partial charge on any atom is 0.274 e. The van der Waals surface area contributed by atoms with Gasteiger partial charge in [-0.2, -0.15) is 0 Å². The topological polar surface area (TPSA) is 63.1 Å². The normalized spacial score (nSPS) is 17.4. The van der Waals surface area contributed by atoms with E-state index in [2.05, 4.69) is 10.6 Å². The number of benzene rings is 1. The Labute approximate surface area is 129 Å². The number of aromatic nitrogens is 1. The van der Waals surface area contributed by atoms with Crippen LogP contribution in [-0.2, 0) is 11.3 Å². The first-order valence-electron chi connectivity index (χ1n) is 7.49. The van der Waals surface area contributed by atoms with Crippen molar-refractivity contribution in [2.45, 2.75) is 13.0 Å². The number of carbonyl (C=O) groups is 1. The van der Waals surface area contributed by atoms with E-state index >= 15 is 0 Å². The Hall–Kier alpha value is -2.40. The molecule has 1 aliphatic rings. The average molecular weight is 297 g/mol. The minimum Gasteiger partial charge on any atom is -0.321 e. The van der Waals surface area contributed by atoms with E-state index in [0.29, 0.717) is 18.8 Å². The molecule has 1 atom stereocenters. The third-order valence-electron chi connectivity index (χ3n) is 3.90. The molecular weight excluding hydrogens is 278 g/mol. The van der Waals surface area contributed by atoms with E-state index in [1.165, 1.54) is 0 Å². The molecule has 0 saturated carbocycles. The van der Waals surface area contributed by atoms with Crippen molar-refractivity contribution in [3.8, 4) is 0 Å². The number of hydrogen-bond donors (Lipinski definition) is 2. The van der Waals surface area contributed by atoms with Crippen molar-refractivity contribution >= 4 is 11.6 Å². The van der Waals surface area contributed by atoms with Gasteiger partial charge in [-0.25, -0.2) is 0 Å². The van der Waals surface area contributed by atoms with Crippen molar-refractivity contribution in [3.63, 3.8) is 0 Å². The van der Waals surface area contributed by atoms with Gasteiger partial charge in [-0.3, -0.25) is 9.59 Å². The van der Waals surface area contributed by atoms with Crippen LogP contribution in [0, 0.1) is 5.92 Å². The third-order valence-corrected chi connectivity index (χ3v) is 3.90. The van der Waals surface area contributed by atoms with Crippen LogP contribution in [0.2, 0.25) is 0 Å². The average Bonchev–Trinajstić information content (AvgIpc) is 3.07. The zero-order chi connectivity index (χ0) is 15.4. The van der Waals surface area contributed by atoms with Gasteiger partial charge in [0.2, 0.25) is 5.91 Å². The second kappa shape index (κ2) is 6.58. The van der Waals surface area contributed by atoms with Gasteiger partial charge in [0, 0.05) is 12.7 Å². The lowest BCUT2D eigenvalue weighted by atomic mass is 10.1. The van der Waals surface area contributed by atoms with E-state index < -0.39 is 0 Å². The molecule has 5 nitrogen and oxygen atoms in total. The molecule has 2 heterocycles. The van der Waals surface area contributed by atoms with Gasteiger partial charge < -0.3 is 15.2 Å². The van der Waals surface area contributed by atoms with Crippen molar-refractivity contribution in [2.24, 2.45) is 5.92 Å². The highest BCUT2D eigenvalue weighted by atomic mass is 16.2. The highest BCUT2D eigenvalue weighted by Crippen LogP contribution is 2.11. The quantitative estimate of drug-likeness (QED) is 0.898. The predicted octanol–water partition coefficient (Wildman–Crippen LogP) is 1.44. The fourth-order valence-corrected chi connectivity index (χ4v) is 2.65. The fourth-order valence-electron chi connectivity index (χ4n) is 2.65. The van der Waals surface area contributed by atoms with Crippen molar-refractivity contribution in [2.75, 3.05) is 18.4 Å². The Bertz CT molecular complexity index is 703. The molecule has 1 saturated heterocycles. The molecule has 0 bridgehead atoms. The lowest BCUT2D eigenvalue weighted by Crippen LogP contribution is -2.30. The number of nitrogens with zero attached hydrogens (tertiary/aromatic N) is 1. The molecule has 1 aromatic heterocycles. The van der Waals surface area contributed by atoms with Crippen LogP contribution in [0.3, 0.4) is 0 Å². The second-order valence-corrected chi connectivity index (χ2v) is 5.52. The van der Waals surface area contributed by atoms with Crippen LogP contribution in [0.1, 0.15) is 12.0 Å². The van der Waals surface area contributed by atoms with Gasteiger partial charge in [0.15, 0.2) is 0 Å². The van der Waals surface area contributed by atoms with Crippen LogP contribution in [-0.4, -0.2) is 23.6 Å². The van der Waals surface area contributed by atoms with E-state index in [1.807, 2.05) is 30.3 Å². The maximum atomic E-state index is 12.5. The standard InChI is InChI=1S/C17H19N3O2/c21-16(14-8-9-18-11-14)19-15-7-4-10-20(17(15)22)12-13-5-2-1-3-6-13/h1-7,10,14,18H,8-9,11-12H2,(H,19,21). The Morgan fingerprint density at radius 1 is 1.23 bits per heavy atom. The van der Waals surface area contributed by atoms with E-state index in [4.69, 9.17) is 0 Å². The molecular formula is C17H19N3O2. The van der Waals surface area contributed by atoms with Gasteiger partial charge >= 0.3 is 0 Å². The molecule has 1 aliphatic heterocycles. The van der Waals surface area contributed by atoms with Crippen molar-refractivity contribution < 1.29 is 4.79 Å². The van der Waals surface area contributed by atoms with Crippen molar-refractivity contribution in [1.82, 2.24) is 9.88 Å². The van der Waals surface area contributed by atoms with Crippen LogP contribution >= 0.6 is 0 Å². The SMILES string of the molecule is O=C(Nc1cccn(Cc2ccccc2)c1=O)C1CCNC1. The van der Waals surface area contributed by atoms with Gasteiger partial charge in [-0.05, 0) is 30.7 Å². The Kier molecular flexibility index (Phi) is 4.34. The monoisotopic (exact) mass is 297 g/mol. The number of rotatable bonds is 4. The van der Waals surface area contributed by atoms with Crippen LogP contribution in [0.15, 0.2) is 53.5 Å². The van der Waals surface area contributed by atoms with Crippen LogP contribution < -0.4 is 16.2 Å². The predicted molar refractivity (Wildman–Crippen MR) is 85.9 cm³/mol. The van der Waals surface area contributed by atoms with Gasteiger partial charge in [-0.15, -0.1) is 0 Å². The molecule has 5 heteroatoms. The number of amides is 1. The zero-order valence-corrected chi connectivity index (χ0v) is 12.3. The molecule has 0 radical (unpaired) electrons. The molecule has 2 aromatic rings. The largest absolute Gasteiger partial charge is 0.321 e. The van der Waals surface area contributed by atoms with Crippen molar-refractivity contribution in [3.05, 3.63) is 64.6 Å². The first-order valence-corrected chi connectivity index (χ1v) is 7.49. The summed E-state index contributed by atoms with van der Waals surface area (Å²) in [6.45, 7) is 2.02. The summed E-state index contributed by atoms with van der Waals surface area (Å²) >= 11 is 0. The number of nitrogens with one attached hydrogen (secondary N) is 2. The summed E-state index contributed by atoms with van der Waals surface area (Å²) in [7, 11) is 0. The number of carbonyl (C=O) groups excluding carboxylic acids is 1. The summed E-state index contributed by atoms with van der Waals surface area (Å²) in [5.74, 6) is -0.137. The van der Waals surface area contributed by atoms with Crippen LogP contribution in [0.4, 0.5) is 5.69 Å². The minimum atomic E-state index is -0.175.